The van der Waals surface area contributed by atoms with Gasteiger partial charge in [0.1, 0.15) is 11.6 Å². The van der Waals surface area contributed by atoms with Crippen LogP contribution < -0.4 is 16.0 Å². The predicted octanol–water partition coefficient (Wildman–Crippen LogP) is 2.71. The maximum Gasteiger partial charge on any atom is 0.161 e. The molecule has 1 heterocycles. The standard InChI is InChI=1S/C16H20N4O/c1-2-9-21-12-6-3-5-11(10-12)15-18-14-8-4-7-13(14)16(19-15)20-17/h3,5-6,10H,2,4,7-9,17H2,1H3,(H,18,19,20). The van der Waals surface area contributed by atoms with E-state index in [9.17, 15) is 0 Å². The number of nitrogens with two attached hydrogens (primary N) is 1. The molecule has 0 saturated carbocycles. The number of hydrazine groups is 1. The first-order chi connectivity index (χ1) is 10.3. The molecule has 1 aliphatic carbocycles. The topological polar surface area (TPSA) is 73.1 Å². The molecule has 0 fully saturated rings. The van der Waals surface area contributed by atoms with Crippen LogP contribution in [0.15, 0.2) is 24.3 Å². The summed E-state index contributed by atoms with van der Waals surface area (Å²) in [5, 5.41) is 0. The molecule has 1 aromatic heterocycles. The van der Waals surface area contributed by atoms with Crippen molar-refractivity contribution in [2.24, 2.45) is 5.84 Å². The van der Waals surface area contributed by atoms with Crippen molar-refractivity contribution < 1.29 is 4.74 Å². The summed E-state index contributed by atoms with van der Waals surface area (Å²) in [6, 6.07) is 7.89. The molecule has 21 heavy (non-hydrogen) atoms. The number of nitrogens with zero attached hydrogens (tertiary/aromatic N) is 2. The van der Waals surface area contributed by atoms with Gasteiger partial charge in [-0.3, -0.25) is 0 Å². The molecule has 1 aromatic carbocycles. The Bertz CT molecular complexity index is 642. The third-order valence-corrected chi connectivity index (χ3v) is 3.63. The summed E-state index contributed by atoms with van der Waals surface area (Å²) in [4.78, 5) is 9.24. The number of ether oxygens (including phenoxy) is 1. The lowest BCUT2D eigenvalue weighted by Crippen LogP contribution is -2.12. The van der Waals surface area contributed by atoms with Crippen molar-refractivity contribution >= 4 is 5.82 Å². The molecule has 3 rings (SSSR count). The number of nitrogens with one attached hydrogen (secondary N) is 1. The van der Waals surface area contributed by atoms with Gasteiger partial charge in [-0.2, -0.15) is 0 Å². The molecule has 0 bridgehead atoms. The summed E-state index contributed by atoms with van der Waals surface area (Å²) in [7, 11) is 0. The minimum absolute atomic E-state index is 0.700. The number of benzene rings is 1. The molecule has 5 heteroatoms. The van der Waals surface area contributed by atoms with Gasteiger partial charge in [-0.05, 0) is 37.8 Å². The van der Waals surface area contributed by atoms with Crippen molar-refractivity contribution in [3.63, 3.8) is 0 Å². The Labute approximate surface area is 124 Å². The van der Waals surface area contributed by atoms with Crippen LogP contribution in [0.1, 0.15) is 31.0 Å². The van der Waals surface area contributed by atoms with Crippen LogP contribution in [0.5, 0.6) is 5.75 Å². The Balaban J connectivity index is 1.97. The average molecular weight is 284 g/mol. The summed E-state index contributed by atoms with van der Waals surface area (Å²) < 4.78 is 5.67. The molecule has 0 radical (unpaired) electrons. The van der Waals surface area contributed by atoms with Gasteiger partial charge in [0.2, 0.25) is 0 Å². The summed E-state index contributed by atoms with van der Waals surface area (Å²) in [5.74, 6) is 7.89. The summed E-state index contributed by atoms with van der Waals surface area (Å²) in [5.41, 5.74) is 5.91. The van der Waals surface area contributed by atoms with Crippen molar-refractivity contribution in [3.05, 3.63) is 35.5 Å². The lowest BCUT2D eigenvalue weighted by Gasteiger charge is -2.10. The SMILES string of the molecule is CCCOc1cccc(-c2nc3c(c(NN)n2)CCC3)c1. The van der Waals surface area contributed by atoms with Crippen molar-refractivity contribution in [2.45, 2.75) is 32.6 Å². The predicted molar refractivity (Wildman–Crippen MR) is 83.1 cm³/mol. The normalized spacial score (nSPS) is 13.0. The van der Waals surface area contributed by atoms with E-state index in [1.807, 2.05) is 24.3 Å². The fraction of sp³-hybridized carbons (Fsp3) is 0.375. The monoisotopic (exact) mass is 284 g/mol. The molecular formula is C16H20N4O. The lowest BCUT2D eigenvalue weighted by molar-refractivity contribution is 0.317. The molecule has 0 spiro atoms. The van der Waals surface area contributed by atoms with Crippen LogP contribution in [0.3, 0.4) is 0 Å². The molecule has 0 atom stereocenters. The van der Waals surface area contributed by atoms with Gasteiger partial charge in [0, 0.05) is 16.8 Å². The van der Waals surface area contributed by atoms with Crippen LogP contribution in [0.2, 0.25) is 0 Å². The van der Waals surface area contributed by atoms with E-state index in [1.165, 1.54) is 0 Å². The number of nitrogen functional groups attached to an aromatic ring is 1. The van der Waals surface area contributed by atoms with Crippen LogP contribution in [0.25, 0.3) is 11.4 Å². The molecule has 3 N–H and O–H groups in total. The highest BCUT2D eigenvalue weighted by molar-refractivity contribution is 5.62. The fourth-order valence-corrected chi connectivity index (χ4v) is 2.63. The number of aryl methyl sites for hydroxylation is 1. The van der Waals surface area contributed by atoms with E-state index in [0.29, 0.717) is 12.4 Å². The van der Waals surface area contributed by atoms with E-state index < -0.39 is 0 Å². The van der Waals surface area contributed by atoms with E-state index in [4.69, 9.17) is 15.6 Å². The van der Waals surface area contributed by atoms with Crippen molar-refractivity contribution in [1.82, 2.24) is 9.97 Å². The molecule has 0 saturated heterocycles. The first-order valence-electron chi connectivity index (χ1n) is 7.41. The minimum atomic E-state index is 0.700. The second-order valence-electron chi connectivity index (χ2n) is 5.20. The number of hydrogen-bond acceptors (Lipinski definition) is 5. The van der Waals surface area contributed by atoms with Crippen molar-refractivity contribution in [1.29, 1.82) is 0 Å². The van der Waals surface area contributed by atoms with Crippen LogP contribution in [-0.4, -0.2) is 16.6 Å². The van der Waals surface area contributed by atoms with Crippen LogP contribution in [-0.2, 0) is 12.8 Å². The first kappa shape index (κ1) is 13.8. The van der Waals surface area contributed by atoms with Crippen molar-refractivity contribution in [3.8, 4) is 17.1 Å². The zero-order valence-corrected chi connectivity index (χ0v) is 12.2. The molecule has 110 valence electrons. The second kappa shape index (κ2) is 6.10. The third-order valence-electron chi connectivity index (χ3n) is 3.63. The number of aromatic nitrogens is 2. The van der Waals surface area contributed by atoms with Gasteiger partial charge in [-0.15, -0.1) is 0 Å². The molecule has 0 aliphatic heterocycles. The van der Waals surface area contributed by atoms with Gasteiger partial charge in [0.15, 0.2) is 5.82 Å². The van der Waals surface area contributed by atoms with Gasteiger partial charge in [-0.1, -0.05) is 19.1 Å². The molecule has 1 aliphatic rings. The molecular weight excluding hydrogens is 264 g/mol. The average Bonchev–Trinajstić information content (AvgIpc) is 3.00. The van der Waals surface area contributed by atoms with Crippen LogP contribution in [0, 0.1) is 0 Å². The van der Waals surface area contributed by atoms with Crippen LogP contribution >= 0.6 is 0 Å². The van der Waals surface area contributed by atoms with E-state index in [1.54, 1.807) is 0 Å². The minimum Gasteiger partial charge on any atom is -0.494 e. The summed E-state index contributed by atoms with van der Waals surface area (Å²) in [6.07, 6.45) is 4.09. The Morgan fingerprint density at radius 3 is 3.00 bits per heavy atom. The Morgan fingerprint density at radius 2 is 2.19 bits per heavy atom. The largest absolute Gasteiger partial charge is 0.494 e. The van der Waals surface area contributed by atoms with Gasteiger partial charge in [0.05, 0.1) is 6.61 Å². The highest BCUT2D eigenvalue weighted by atomic mass is 16.5. The Morgan fingerprint density at radius 1 is 1.29 bits per heavy atom. The van der Waals surface area contributed by atoms with Gasteiger partial charge in [-0.25, -0.2) is 15.8 Å². The third kappa shape index (κ3) is 2.83. The number of fused-ring (bicyclic) bond motifs is 1. The lowest BCUT2D eigenvalue weighted by atomic mass is 10.1. The molecule has 0 amide bonds. The van der Waals surface area contributed by atoms with E-state index in [2.05, 4.69) is 17.3 Å². The Hall–Kier alpha value is -2.14. The van der Waals surface area contributed by atoms with Gasteiger partial charge >= 0.3 is 0 Å². The van der Waals surface area contributed by atoms with Gasteiger partial charge < -0.3 is 10.2 Å². The van der Waals surface area contributed by atoms with E-state index >= 15 is 0 Å². The van der Waals surface area contributed by atoms with Crippen molar-refractivity contribution in [2.75, 3.05) is 12.0 Å². The summed E-state index contributed by atoms with van der Waals surface area (Å²) >= 11 is 0. The highest BCUT2D eigenvalue weighted by Crippen LogP contribution is 2.29. The molecule has 2 aromatic rings. The molecule has 0 unspecified atom stereocenters. The number of rotatable bonds is 5. The van der Waals surface area contributed by atoms with E-state index in [-0.39, 0.29) is 0 Å². The maximum absolute atomic E-state index is 5.67. The fourth-order valence-electron chi connectivity index (χ4n) is 2.63. The number of hydrogen-bond donors (Lipinski definition) is 2. The quantitative estimate of drug-likeness (QED) is 0.652. The highest BCUT2D eigenvalue weighted by Gasteiger charge is 2.19. The van der Waals surface area contributed by atoms with Gasteiger partial charge in [0.25, 0.3) is 0 Å². The Kier molecular flexibility index (Phi) is 4.01. The zero-order valence-electron chi connectivity index (χ0n) is 12.2. The summed E-state index contributed by atoms with van der Waals surface area (Å²) in [6.45, 7) is 2.80. The smallest absolute Gasteiger partial charge is 0.161 e. The molecule has 5 nitrogen and oxygen atoms in total. The maximum atomic E-state index is 5.67. The van der Waals surface area contributed by atoms with Crippen LogP contribution in [0.4, 0.5) is 5.82 Å². The zero-order chi connectivity index (χ0) is 14.7. The van der Waals surface area contributed by atoms with E-state index in [0.717, 1.165) is 54.1 Å². The second-order valence-corrected chi connectivity index (χ2v) is 5.20. The first-order valence-corrected chi connectivity index (χ1v) is 7.41. The number of anilines is 1.